The molecule has 1 saturated heterocycles. The molecule has 1 saturated carbocycles. The number of hydrogen-bond donors (Lipinski definition) is 1. The third-order valence-electron chi connectivity index (χ3n) is 6.59. The molecule has 2 atom stereocenters. The Kier molecular flexibility index (Phi) is 5.71. The molecule has 2 fully saturated rings. The molecule has 7 nitrogen and oxygen atoms in total. The number of halogens is 1. The number of carboxylic acids is 1. The van der Waals surface area contributed by atoms with Crippen LogP contribution in [0.1, 0.15) is 55.7 Å². The van der Waals surface area contributed by atoms with Gasteiger partial charge in [-0.25, -0.2) is 0 Å². The zero-order valence-electron chi connectivity index (χ0n) is 16.9. The van der Waals surface area contributed by atoms with E-state index in [2.05, 4.69) is 0 Å². The molecule has 0 bridgehead atoms. The summed E-state index contributed by atoms with van der Waals surface area (Å²) in [6, 6.07) is 11.7. The Hall–Kier alpha value is -2.93. The summed E-state index contributed by atoms with van der Waals surface area (Å²) >= 11 is 6.07. The Bertz CT molecular complexity index is 1000. The quantitative estimate of drug-likeness (QED) is 0.525. The fourth-order valence-corrected chi connectivity index (χ4v) is 5.25. The second kappa shape index (κ2) is 8.30. The van der Waals surface area contributed by atoms with Gasteiger partial charge in [0.2, 0.25) is 5.91 Å². The van der Waals surface area contributed by atoms with Gasteiger partial charge in [0.05, 0.1) is 11.0 Å². The van der Waals surface area contributed by atoms with Crippen LogP contribution in [0.2, 0.25) is 5.02 Å². The van der Waals surface area contributed by atoms with E-state index in [4.69, 9.17) is 11.6 Å². The van der Waals surface area contributed by atoms with Gasteiger partial charge in [-0.3, -0.25) is 19.7 Å². The van der Waals surface area contributed by atoms with Gasteiger partial charge in [-0.05, 0) is 36.1 Å². The standard InChI is InChI=1S/C23H23ClN2O5/c24-17-10-6-15(7-11-17)21-23(22(28)29,16-8-12-19(13-9-16)26(30)31)14-20(27)25(21)18-4-2-1-3-5-18/h6-13,18,21H,1-5,14H2,(H,28,29)/t21-,23-/m1/s1. The minimum absolute atomic E-state index is 0.0267. The number of rotatable bonds is 5. The monoisotopic (exact) mass is 442 g/mol. The van der Waals surface area contributed by atoms with Crippen LogP contribution in [-0.2, 0) is 15.0 Å². The van der Waals surface area contributed by atoms with E-state index in [1.54, 1.807) is 29.2 Å². The minimum atomic E-state index is -1.54. The minimum Gasteiger partial charge on any atom is -0.480 e. The average molecular weight is 443 g/mol. The van der Waals surface area contributed by atoms with Gasteiger partial charge in [-0.15, -0.1) is 0 Å². The molecule has 1 aliphatic carbocycles. The van der Waals surface area contributed by atoms with Crippen molar-refractivity contribution in [2.45, 2.75) is 56.0 Å². The Morgan fingerprint density at radius 1 is 1.06 bits per heavy atom. The van der Waals surface area contributed by atoms with Crippen LogP contribution < -0.4 is 0 Å². The number of non-ortho nitro benzene ring substituents is 1. The summed E-state index contributed by atoms with van der Waals surface area (Å²) in [5.74, 6) is -1.32. The zero-order valence-corrected chi connectivity index (χ0v) is 17.6. The Morgan fingerprint density at radius 3 is 2.23 bits per heavy atom. The maximum absolute atomic E-state index is 13.3. The lowest BCUT2D eigenvalue weighted by molar-refractivity contribution is -0.384. The molecule has 1 N–H and O–H groups in total. The highest BCUT2D eigenvalue weighted by Crippen LogP contribution is 2.52. The maximum Gasteiger partial charge on any atom is 0.317 e. The first-order valence-electron chi connectivity index (χ1n) is 10.4. The highest BCUT2D eigenvalue weighted by atomic mass is 35.5. The van der Waals surface area contributed by atoms with Gasteiger partial charge >= 0.3 is 5.97 Å². The first kappa shape index (κ1) is 21.3. The van der Waals surface area contributed by atoms with Gasteiger partial charge in [-0.2, -0.15) is 0 Å². The molecule has 0 aromatic heterocycles. The van der Waals surface area contributed by atoms with Gasteiger partial charge in [0, 0.05) is 29.6 Å². The van der Waals surface area contributed by atoms with Gasteiger partial charge < -0.3 is 10.0 Å². The molecule has 0 unspecified atom stereocenters. The third-order valence-corrected chi connectivity index (χ3v) is 6.84. The van der Waals surface area contributed by atoms with E-state index in [0.717, 1.165) is 32.1 Å². The topological polar surface area (TPSA) is 101 Å². The SMILES string of the molecule is O=C1C[C@@](C(=O)O)(c2ccc([N+](=O)[O-])cc2)[C@@H](c2ccc(Cl)cc2)N1C1CCCCC1. The van der Waals surface area contributed by atoms with E-state index in [1.165, 1.54) is 24.3 Å². The lowest BCUT2D eigenvalue weighted by Gasteiger charge is -2.40. The lowest BCUT2D eigenvalue weighted by Crippen LogP contribution is -2.45. The van der Waals surface area contributed by atoms with Gasteiger partial charge in [0.25, 0.3) is 5.69 Å². The molecule has 1 amide bonds. The van der Waals surface area contributed by atoms with Crippen molar-refractivity contribution in [3.05, 3.63) is 74.8 Å². The number of nitrogens with zero attached hydrogens (tertiary/aromatic N) is 2. The predicted octanol–water partition coefficient (Wildman–Crippen LogP) is 4.88. The van der Waals surface area contributed by atoms with Crippen LogP contribution in [0, 0.1) is 10.1 Å². The Morgan fingerprint density at radius 2 is 1.68 bits per heavy atom. The van der Waals surface area contributed by atoms with Crippen molar-refractivity contribution in [1.82, 2.24) is 4.90 Å². The number of nitro benzene ring substituents is 1. The van der Waals surface area contributed by atoms with Gasteiger partial charge in [0.15, 0.2) is 0 Å². The number of carboxylic acid groups (broad SMARTS) is 1. The van der Waals surface area contributed by atoms with Crippen LogP contribution in [0.4, 0.5) is 5.69 Å². The largest absolute Gasteiger partial charge is 0.480 e. The summed E-state index contributed by atoms with van der Waals surface area (Å²) in [6.45, 7) is 0. The van der Waals surface area contributed by atoms with Crippen molar-refractivity contribution in [2.24, 2.45) is 0 Å². The molecular weight excluding hydrogens is 420 g/mol. The third kappa shape index (κ3) is 3.67. The first-order valence-corrected chi connectivity index (χ1v) is 10.8. The number of carbonyl (C=O) groups excluding carboxylic acids is 1. The van der Waals surface area contributed by atoms with Crippen LogP contribution in [0.25, 0.3) is 0 Å². The summed E-state index contributed by atoms with van der Waals surface area (Å²) in [4.78, 5) is 38.5. The fourth-order valence-electron chi connectivity index (χ4n) is 5.13. The number of amides is 1. The van der Waals surface area contributed by atoms with Crippen molar-refractivity contribution in [3.63, 3.8) is 0 Å². The Balaban J connectivity index is 1.88. The van der Waals surface area contributed by atoms with Crippen LogP contribution in [-0.4, -0.2) is 32.8 Å². The second-order valence-electron chi connectivity index (χ2n) is 8.30. The maximum atomic E-state index is 13.3. The summed E-state index contributed by atoms with van der Waals surface area (Å²) in [5.41, 5.74) is -0.586. The van der Waals surface area contributed by atoms with Crippen molar-refractivity contribution in [1.29, 1.82) is 0 Å². The fraction of sp³-hybridized carbons (Fsp3) is 0.391. The molecular formula is C23H23ClN2O5. The first-order chi connectivity index (χ1) is 14.8. The lowest BCUT2D eigenvalue weighted by atomic mass is 9.71. The molecule has 4 rings (SSSR count). The Labute approximate surface area is 184 Å². The highest BCUT2D eigenvalue weighted by molar-refractivity contribution is 6.30. The van der Waals surface area contributed by atoms with Gasteiger partial charge in [-0.1, -0.05) is 55.1 Å². The average Bonchev–Trinajstić information content (AvgIpc) is 3.09. The normalized spacial score (nSPS) is 24.4. The van der Waals surface area contributed by atoms with E-state index < -0.39 is 22.3 Å². The molecule has 0 radical (unpaired) electrons. The second-order valence-corrected chi connectivity index (χ2v) is 8.74. The predicted molar refractivity (Wildman–Crippen MR) is 115 cm³/mol. The number of likely N-dealkylation sites (tertiary alicyclic amines) is 1. The summed E-state index contributed by atoms with van der Waals surface area (Å²) in [7, 11) is 0. The molecule has 2 aliphatic rings. The number of hydrogen-bond acceptors (Lipinski definition) is 4. The molecule has 31 heavy (non-hydrogen) atoms. The van der Waals surface area contributed by atoms with Crippen LogP contribution in [0.5, 0.6) is 0 Å². The van der Waals surface area contributed by atoms with Gasteiger partial charge in [0.1, 0.15) is 5.41 Å². The van der Waals surface area contributed by atoms with Crippen LogP contribution in [0.15, 0.2) is 48.5 Å². The van der Waals surface area contributed by atoms with E-state index in [1.807, 2.05) is 0 Å². The van der Waals surface area contributed by atoms with Crippen LogP contribution >= 0.6 is 11.6 Å². The van der Waals surface area contributed by atoms with Crippen molar-refractivity contribution in [3.8, 4) is 0 Å². The highest BCUT2D eigenvalue weighted by Gasteiger charge is 2.60. The number of nitro groups is 1. The smallest absolute Gasteiger partial charge is 0.317 e. The van der Waals surface area contributed by atoms with Crippen molar-refractivity contribution in [2.75, 3.05) is 0 Å². The summed E-state index contributed by atoms with van der Waals surface area (Å²) < 4.78 is 0. The zero-order chi connectivity index (χ0) is 22.2. The molecule has 1 aliphatic heterocycles. The van der Waals surface area contributed by atoms with E-state index in [9.17, 15) is 24.8 Å². The number of aliphatic carboxylic acids is 1. The molecule has 2 aromatic rings. The molecule has 162 valence electrons. The van der Waals surface area contributed by atoms with Crippen LogP contribution in [0.3, 0.4) is 0 Å². The van der Waals surface area contributed by atoms with E-state index in [0.29, 0.717) is 16.1 Å². The molecule has 8 heteroatoms. The number of carbonyl (C=O) groups is 2. The molecule has 0 spiro atoms. The van der Waals surface area contributed by atoms with E-state index in [-0.39, 0.29) is 24.1 Å². The molecule has 1 heterocycles. The van der Waals surface area contributed by atoms with Crippen molar-refractivity contribution < 1.29 is 19.6 Å². The number of benzene rings is 2. The summed E-state index contributed by atoms with van der Waals surface area (Å²) in [5, 5.41) is 22.1. The van der Waals surface area contributed by atoms with Crippen molar-refractivity contribution >= 4 is 29.2 Å². The summed E-state index contributed by atoms with van der Waals surface area (Å²) in [6.07, 6.45) is 4.59. The van der Waals surface area contributed by atoms with E-state index >= 15 is 0 Å². The molecule has 2 aromatic carbocycles.